The lowest BCUT2D eigenvalue weighted by Crippen LogP contribution is -2.44. The molecule has 2 heterocycles. The molecular weight excluding hydrogens is 368 g/mol. The molecule has 0 radical (unpaired) electrons. The molecular formula is C22H24N4O3. The van der Waals surface area contributed by atoms with E-state index in [1.165, 1.54) is 0 Å². The van der Waals surface area contributed by atoms with Crippen molar-refractivity contribution in [2.24, 2.45) is 5.73 Å². The lowest BCUT2D eigenvalue weighted by atomic mass is 10.1. The summed E-state index contributed by atoms with van der Waals surface area (Å²) in [7, 11) is 2.12. The Balaban J connectivity index is 1.56. The molecule has 0 bridgehead atoms. The number of primary amides is 1. The van der Waals surface area contributed by atoms with Crippen LogP contribution >= 0.6 is 0 Å². The minimum Gasteiger partial charge on any atom is -0.449 e. The lowest BCUT2D eigenvalue weighted by molar-refractivity contribution is 0.0977. The number of nitrogens with zero attached hydrogens (tertiary/aromatic N) is 2. The van der Waals surface area contributed by atoms with Gasteiger partial charge in [0.1, 0.15) is 11.3 Å². The zero-order valence-corrected chi connectivity index (χ0v) is 16.6. The number of likely N-dealkylation sites (N-methyl/N-ethyl adjacent to an activating group) is 1. The molecule has 7 heteroatoms. The first-order chi connectivity index (χ1) is 13.9. The highest BCUT2D eigenvalue weighted by Gasteiger charge is 2.21. The van der Waals surface area contributed by atoms with E-state index in [1.807, 2.05) is 37.3 Å². The molecule has 1 fully saturated rings. The van der Waals surface area contributed by atoms with E-state index in [-0.39, 0.29) is 11.7 Å². The number of fused-ring (bicyclic) bond motifs is 1. The SMILES string of the molecule is Cc1ccc2c(NC(=O)c3ccc(N4CCN(C)CC4)cc3)c(C(N)=O)oc2c1. The van der Waals surface area contributed by atoms with Gasteiger partial charge in [0.15, 0.2) is 0 Å². The molecule has 2 aromatic carbocycles. The Morgan fingerprint density at radius 1 is 1.03 bits per heavy atom. The van der Waals surface area contributed by atoms with Crippen LogP contribution in [0.3, 0.4) is 0 Å². The number of anilines is 2. The Morgan fingerprint density at radius 3 is 2.38 bits per heavy atom. The summed E-state index contributed by atoms with van der Waals surface area (Å²) in [6.07, 6.45) is 0. The van der Waals surface area contributed by atoms with E-state index in [4.69, 9.17) is 10.2 Å². The number of hydrogen-bond donors (Lipinski definition) is 2. The molecule has 29 heavy (non-hydrogen) atoms. The van der Waals surface area contributed by atoms with Crippen molar-refractivity contribution < 1.29 is 14.0 Å². The summed E-state index contributed by atoms with van der Waals surface area (Å²) in [5.74, 6) is -1.09. The van der Waals surface area contributed by atoms with Gasteiger partial charge in [-0.15, -0.1) is 0 Å². The predicted molar refractivity (Wildman–Crippen MR) is 114 cm³/mol. The van der Waals surface area contributed by atoms with Gasteiger partial charge in [0.25, 0.3) is 11.8 Å². The minimum atomic E-state index is -0.723. The topological polar surface area (TPSA) is 91.8 Å². The molecule has 2 amide bonds. The Labute approximate surface area is 169 Å². The number of carbonyl (C=O) groups excluding carboxylic acids is 2. The fraction of sp³-hybridized carbons (Fsp3) is 0.273. The number of hydrogen-bond acceptors (Lipinski definition) is 5. The molecule has 7 nitrogen and oxygen atoms in total. The second-order valence-corrected chi connectivity index (χ2v) is 7.46. The number of furan rings is 1. The molecule has 4 rings (SSSR count). The van der Waals surface area contributed by atoms with Crippen LogP contribution in [0.25, 0.3) is 11.0 Å². The van der Waals surface area contributed by atoms with E-state index < -0.39 is 5.91 Å². The van der Waals surface area contributed by atoms with E-state index in [2.05, 4.69) is 22.2 Å². The molecule has 0 unspecified atom stereocenters. The minimum absolute atomic E-state index is 0.0481. The van der Waals surface area contributed by atoms with Gasteiger partial charge in [0, 0.05) is 42.8 Å². The van der Waals surface area contributed by atoms with Crippen molar-refractivity contribution >= 4 is 34.2 Å². The predicted octanol–water partition coefficient (Wildman–Crippen LogP) is 2.84. The van der Waals surface area contributed by atoms with Gasteiger partial charge in [-0.25, -0.2) is 0 Å². The van der Waals surface area contributed by atoms with Gasteiger partial charge in [0.2, 0.25) is 5.76 Å². The van der Waals surface area contributed by atoms with Gasteiger partial charge in [-0.3, -0.25) is 9.59 Å². The summed E-state index contributed by atoms with van der Waals surface area (Å²) in [5, 5.41) is 3.45. The van der Waals surface area contributed by atoms with E-state index >= 15 is 0 Å². The van der Waals surface area contributed by atoms with Crippen LogP contribution in [0.4, 0.5) is 11.4 Å². The second-order valence-electron chi connectivity index (χ2n) is 7.46. The third-order valence-corrected chi connectivity index (χ3v) is 5.31. The molecule has 1 saturated heterocycles. The number of rotatable bonds is 4. The molecule has 0 atom stereocenters. The van der Waals surface area contributed by atoms with Crippen molar-refractivity contribution in [2.45, 2.75) is 6.92 Å². The first kappa shape index (κ1) is 19.0. The van der Waals surface area contributed by atoms with E-state index in [1.54, 1.807) is 12.1 Å². The molecule has 3 N–H and O–H groups in total. The summed E-state index contributed by atoms with van der Waals surface area (Å²) in [6, 6.07) is 13.0. The Hall–Kier alpha value is -3.32. The van der Waals surface area contributed by atoms with Crippen LogP contribution in [0.15, 0.2) is 46.9 Å². The van der Waals surface area contributed by atoms with Crippen LogP contribution in [-0.4, -0.2) is 49.9 Å². The van der Waals surface area contributed by atoms with Crippen molar-refractivity contribution in [3.8, 4) is 0 Å². The highest BCUT2D eigenvalue weighted by atomic mass is 16.3. The van der Waals surface area contributed by atoms with Gasteiger partial charge >= 0.3 is 0 Å². The average molecular weight is 392 g/mol. The fourth-order valence-electron chi connectivity index (χ4n) is 3.58. The van der Waals surface area contributed by atoms with Crippen LogP contribution in [0.2, 0.25) is 0 Å². The molecule has 1 aliphatic heterocycles. The summed E-state index contributed by atoms with van der Waals surface area (Å²) in [5.41, 5.74) is 8.85. The summed E-state index contributed by atoms with van der Waals surface area (Å²) in [4.78, 5) is 29.2. The molecule has 150 valence electrons. The quantitative estimate of drug-likeness (QED) is 0.712. The van der Waals surface area contributed by atoms with Crippen molar-refractivity contribution in [1.29, 1.82) is 0 Å². The number of carbonyl (C=O) groups is 2. The molecule has 0 aliphatic carbocycles. The zero-order valence-electron chi connectivity index (χ0n) is 16.6. The monoisotopic (exact) mass is 392 g/mol. The molecule has 0 spiro atoms. The Kier molecular flexibility index (Phi) is 4.98. The lowest BCUT2D eigenvalue weighted by Gasteiger charge is -2.34. The molecule has 3 aromatic rings. The van der Waals surface area contributed by atoms with Gasteiger partial charge in [-0.1, -0.05) is 6.07 Å². The van der Waals surface area contributed by atoms with E-state index in [0.29, 0.717) is 22.2 Å². The maximum Gasteiger partial charge on any atom is 0.286 e. The van der Waals surface area contributed by atoms with Crippen molar-refractivity contribution in [2.75, 3.05) is 43.4 Å². The Bertz CT molecular complexity index is 1060. The molecule has 1 aromatic heterocycles. The highest BCUT2D eigenvalue weighted by molar-refractivity contribution is 6.14. The average Bonchev–Trinajstić information content (AvgIpc) is 3.06. The fourth-order valence-corrected chi connectivity index (χ4v) is 3.58. The van der Waals surface area contributed by atoms with Gasteiger partial charge in [0.05, 0.1) is 0 Å². The van der Waals surface area contributed by atoms with Crippen LogP contribution < -0.4 is 16.0 Å². The molecule has 1 aliphatic rings. The maximum atomic E-state index is 12.8. The first-order valence-electron chi connectivity index (χ1n) is 9.60. The summed E-state index contributed by atoms with van der Waals surface area (Å²) >= 11 is 0. The van der Waals surface area contributed by atoms with Crippen LogP contribution in [0.5, 0.6) is 0 Å². The number of aryl methyl sites for hydroxylation is 1. The van der Waals surface area contributed by atoms with Crippen LogP contribution in [0, 0.1) is 6.92 Å². The van der Waals surface area contributed by atoms with Crippen LogP contribution in [0.1, 0.15) is 26.5 Å². The largest absolute Gasteiger partial charge is 0.449 e. The third-order valence-electron chi connectivity index (χ3n) is 5.31. The first-order valence-corrected chi connectivity index (χ1v) is 9.60. The zero-order chi connectivity index (χ0) is 20.5. The number of benzene rings is 2. The second kappa shape index (κ2) is 7.60. The smallest absolute Gasteiger partial charge is 0.286 e. The number of nitrogens with two attached hydrogens (primary N) is 1. The maximum absolute atomic E-state index is 12.8. The van der Waals surface area contributed by atoms with E-state index in [0.717, 1.165) is 37.4 Å². The van der Waals surface area contributed by atoms with Gasteiger partial charge in [-0.2, -0.15) is 0 Å². The van der Waals surface area contributed by atoms with Crippen molar-refractivity contribution in [1.82, 2.24) is 4.90 Å². The normalized spacial score (nSPS) is 14.9. The third kappa shape index (κ3) is 3.82. The summed E-state index contributed by atoms with van der Waals surface area (Å²) < 4.78 is 5.59. The number of nitrogens with one attached hydrogen (secondary N) is 1. The highest BCUT2D eigenvalue weighted by Crippen LogP contribution is 2.32. The van der Waals surface area contributed by atoms with Gasteiger partial charge < -0.3 is 25.3 Å². The van der Waals surface area contributed by atoms with Gasteiger partial charge in [-0.05, 0) is 55.9 Å². The standard InChI is InChI=1S/C22H24N4O3/c1-14-3-8-17-18(13-14)29-20(21(23)27)19(17)24-22(28)15-4-6-16(7-5-15)26-11-9-25(2)10-12-26/h3-8,13H,9-12H2,1-2H3,(H2,23,27)(H,24,28). The number of piperazine rings is 1. The number of amides is 2. The van der Waals surface area contributed by atoms with Crippen molar-refractivity contribution in [3.63, 3.8) is 0 Å². The Morgan fingerprint density at radius 2 is 1.72 bits per heavy atom. The van der Waals surface area contributed by atoms with Crippen LogP contribution in [-0.2, 0) is 0 Å². The summed E-state index contributed by atoms with van der Waals surface area (Å²) in [6.45, 7) is 5.89. The molecule has 0 saturated carbocycles. The van der Waals surface area contributed by atoms with Crippen molar-refractivity contribution in [3.05, 3.63) is 59.4 Å². The van der Waals surface area contributed by atoms with E-state index in [9.17, 15) is 9.59 Å².